The Bertz CT molecular complexity index is 753. The molecule has 0 saturated carbocycles. The van der Waals surface area contributed by atoms with Gasteiger partial charge in [-0.05, 0) is 73.2 Å². The average molecular weight is 346 g/mol. The zero-order valence-electron chi connectivity index (χ0n) is 13.4. The predicted molar refractivity (Wildman–Crippen MR) is 79.9 cm³/mol. The van der Waals surface area contributed by atoms with Crippen LogP contribution in [0.1, 0.15) is 38.9 Å². The molecule has 0 saturated heterocycles. The summed E-state index contributed by atoms with van der Waals surface area (Å²) in [6.07, 6.45) is -9.05. The minimum Gasteiger partial charge on any atom is -0.166 e. The lowest BCUT2D eigenvalue weighted by molar-refractivity contribution is -0.138. The maximum Gasteiger partial charge on any atom is 0.416 e. The number of rotatable bonds is 2. The van der Waals surface area contributed by atoms with E-state index in [1.165, 1.54) is 19.1 Å². The summed E-state index contributed by atoms with van der Waals surface area (Å²) in [5.41, 5.74) is 0.504. The lowest BCUT2D eigenvalue weighted by Gasteiger charge is -2.17. The van der Waals surface area contributed by atoms with Crippen molar-refractivity contribution in [3.8, 4) is 0 Å². The summed E-state index contributed by atoms with van der Waals surface area (Å²) in [5, 5.41) is 0. The van der Waals surface area contributed by atoms with E-state index in [1.807, 2.05) is 0 Å². The van der Waals surface area contributed by atoms with Gasteiger partial charge >= 0.3 is 12.4 Å². The van der Waals surface area contributed by atoms with Crippen molar-refractivity contribution in [2.75, 3.05) is 0 Å². The number of hydrogen-bond donors (Lipinski definition) is 0. The minimum atomic E-state index is -4.51. The Labute approximate surface area is 136 Å². The van der Waals surface area contributed by atoms with E-state index >= 15 is 0 Å². The fraction of sp³-hybridized carbons (Fsp3) is 0.333. The Morgan fingerprint density at radius 3 is 1.75 bits per heavy atom. The van der Waals surface area contributed by atoms with E-state index < -0.39 is 23.5 Å². The second-order valence-corrected chi connectivity index (χ2v) is 5.91. The summed E-state index contributed by atoms with van der Waals surface area (Å²) >= 11 is 0. The fourth-order valence-electron chi connectivity index (χ4n) is 2.56. The molecule has 0 N–H and O–H groups in total. The molecule has 24 heavy (non-hydrogen) atoms. The Kier molecular flexibility index (Phi) is 4.70. The van der Waals surface area contributed by atoms with Crippen LogP contribution < -0.4 is 0 Å². The summed E-state index contributed by atoms with van der Waals surface area (Å²) in [7, 11) is 0. The van der Waals surface area contributed by atoms with Crippen molar-refractivity contribution in [2.24, 2.45) is 0 Å². The van der Waals surface area contributed by atoms with Gasteiger partial charge in [-0.15, -0.1) is 0 Å². The molecule has 0 amide bonds. The molecule has 0 heterocycles. The molecule has 0 unspecified atom stereocenters. The maximum absolute atomic E-state index is 13.2. The van der Waals surface area contributed by atoms with E-state index in [1.54, 1.807) is 13.8 Å². The summed E-state index contributed by atoms with van der Waals surface area (Å²) in [4.78, 5) is 0. The summed E-state index contributed by atoms with van der Waals surface area (Å²) in [6, 6.07) is 5.65. The van der Waals surface area contributed by atoms with Crippen molar-refractivity contribution in [3.63, 3.8) is 0 Å². The Hall–Kier alpha value is -1.98. The van der Waals surface area contributed by atoms with Gasteiger partial charge in [-0.3, -0.25) is 0 Å². The van der Waals surface area contributed by atoms with Gasteiger partial charge in [0.05, 0.1) is 11.1 Å². The Morgan fingerprint density at radius 2 is 1.25 bits per heavy atom. The van der Waals surface area contributed by atoms with E-state index in [2.05, 4.69) is 0 Å². The molecule has 0 spiro atoms. The van der Waals surface area contributed by atoms with Gasteiger partial charge < -0.3 is 0 Å². The van der Waals surface area contributed by atoms with Gasteiger partial charge in [0.15, 0.2) is 0 Å². The van der Waals surface area contributed by atoms with Crippen molar-refractivity contribution in [1.82, 2.24) is 0 Å². The van der Waals surface area contributed by atoms with Gasteiger partial charge in [-0.2, -0.15) is 26.3 Å². The van der Waals surface area contributed by atoms with Crippen LogP contribution in [0, 0.1) is 20.8 Å². The zero-order chi connectivity index (χ0) is 18.3. The Morgan fingerprint density at radius 1 is 0.667 bits per heavy atom. The normalized spacial score (nSPS) is 12.5. The number of halogens is 6. The van der Waals surface area contributed by atoms with E-state index in [9.17, 15) is 26.3 Å². The number of benzene rings is 2. The highest BCUT2D eigenvalue weighted by atomic mass is 19.4. The molecular weight excluding hydrogens is 330 g/mol. The second-order valence-electron chi connectivity index (χ2n) is 5.91. The number of aryl methyl sites for hydroxylation is 3. The maximum atomic E-state index is 13.2. The van der Waals surface area contributed by atoms with Crippen LogP contribution in [0.2, 0.25) is 0 Å². The molecule has 130 valence electrons. The third-order valence-electron chi connectivity index (χ3n) is 4.08. The van der Waals surface area contributed by atoms with Gasteiger partial charge in [0.25, 0.3) is 0 Å². The Balaban J connectivity index is 2.47. The molecule has 2 aromatic rings. The highest BCUT2D eigenvalue weighted by molar-refractivity contribution is 5.43. The first-order chi connectivity index (χ1) is 10.9. The molecule has 6 heteroatoms. The van der Waals surface area contributed by atoms with Crippen LogP contribution in [0.25, 0.3) is 0 Å². The molecular formula is C18H16F6. The molecule has 0 aliphatic heterocycles. The molecule has 0 radical (unpaired) electrons. The molecule has 0 bridgehead atoms. The van der Waals surface area contributed by atoms with Crippen LogP contribution in [0.4, 0.5) is 26.3 Å². The van der Waals surface area contributed by atoms with Crippen LogP contribution in [-0.2, 0) is 18.8 Å². The molecule has 2 rings (SSSR count). The SMILES string of the molecule is Cc1cc(Cc2ccc(C(F)(F)F)cc2C)c(C(F)(F)F)cc1C. The minimum absolute atomic E-state index is 0.0634. The van der Waals surface area contributed by atoms with Crippen molar-refractivity contribution in [3.05, 3.63) is 69.3 Å². The van der Waals surface area contributed by atoms with Crippen molar-refractivity contribution < 1.29 is 26.3 Å². The van der Waals surface area contributed by atoms with Gasteiger partial charge in [-0.1, -0.05) is 12.1 Å². The zero-order valence-corrected chi connectivity index (χ0v) is 13.4. The quantitative estimate of drug-likeness (QED) is 0.565. The van der Waals surface area contributed by atoms with Crippen molar-refractivity contribution in [1.29, 1.82) is 0 Å². The van der Waals surface area contributed by atoms with Gasteiger partial charge in [0.1, 0.15) is 0 Å². The largest absolute Gasteiger partial charge is 0.416 e. The van der Waals surface area contributed by atoms with Crippen molar-refractivity contribution >= 4 is 0 Å². The van der Waals surface area contributed by atoms with Crippen molar-refractivity contribution in [2.45, 2.75) is 39.5 Å². The molecule has 0 fully saturated rings. The van der Waals surface area contributed by atoms with Crippen LogP contribution in [-0.4, -0.2) is 0 Å². The smallest absolute Gasteiger partial charge is 0.166 e. The third-order valence-corrected chi connectivity index (χ3v) is 4.08. The monoisotopic (exact) mass is 346 g/mol. The summed E-state index contributed by atoms with van der Waals surface area (Å²) < 4.78 is 77.8. The lowest BCUT2D eigenvalue weighted by atomic mass is 9.92. The molecule has 0 atom stereocenters. The molecule has 0 aliphatic carbocycles. The van der Waals surface area contributed by atoms with Crippen LogP contribution in [0.5, 0.6) is 0 Å². The topological polar surface area (TPSA) is 0 Å². The summed E-state index contributed by atoms with van der Waals surface area (Å²) in [5.74, 6) is 0. The van der Waals surface area contributed by atoms with Gasteiger partial charge in [0.2, 0.25) is 0 Å². The standard InChI is InChI=1S/C18H16F6/c1-10-6-14(16(8-11(10)2)18(22,23)24)9-13-4-5-15(7-12(13)3)17(19,20)21/h4-8H,9H2,1-3H3. The van der Waals surface area contributed by atoms with E-state index in [-0.39, 0.29) is 12.0 Å². The van der Waals surface area contributed by atoms with Gasteiger partial charge in [-0.25, -0.2) is 0 Å². The predicted octanol–water partition coefficient (Wildman–Crippen LogP) is 6.24. The third kappa shape index (κ3) is 3.91. The number of alkyl halides is 6. The van der Waals surface area contributed by atoms with Gasteiger partial charge in [0, 0.05) is 0 Å². The fourth-order valence-corrected chi connectivity index (χ4v) is 2.56. The van der Waals surface area contributed by atoms with E-state index in [0.717, 1.165) is 18.2 Å². The van der Waals surface area contributed by atoms with Crippen LogP contribution >= 0.6 is 0 Å². The first kappa shape index (κ1) is 18.4. The molecule has 0 nitrogen and oxygen atoms in total. The second kappa shape index (κ2) is 6.15. The highest BCUT2D eigenvalue weighted by Crippen LogP contribution is 2.36. The van der Waals surface area contributed by atoms with E-state index in [0.29, 0.717) is 22.3 Å². The first-order valence-electron chi connectivity index (χ1n) is 7.23. The highest BCUT2D eigenvalue weighted by Gasteiger charge is 2.34. The van der Waals surface area contributed by atoms with E-state index in [4.69, 9.17) is 0 Å². The first-order valence-corrected chi connectivity index (χ1v) is 7.23. The lowest BCUT2D eigenvalue weighted by Crippen LogP contribution is -2.11. The average Bonchev–Trinajstić information content (AvgIpc) is 2.42. The number of hydrogen-bond acceptors (Lipinski definition) is 0. The molecule has 2 aromatic carbocycles. The van der Waals surface area contributed by atoms with Crippen LogP contribution in [0.3, 0.4) is 0 Å². The summed E-state index contributed by atoms with van der Waals surface area (Å²) in [6.45, 7) is 4.77. The molecule has 0 aromatic heterocycles. The molecule has 0 aliphatic rings. The van der Waals surface area contributed by atoms with Crippen LogP contribution in [0.15, 0.2) is 30.3 Å².